The third-order valence-corrected chi connectivity index (χ3v) is 6.08. The number of oxime groups is 1. The average Bonchev–Trinajstić information content (AvgIpc) is 2.74. The van der Waals surface area contributed by atoms with Gasteiger partial charge in [0.25, 0.3) is 0 Å². The largest absolute Gasteiger partial charge is 0.490 e. The molecule has 0 spiro atoms. The summed E-state index contributed by atoms with van der Waals surface area (Å²) >= 11 is 0. The van der Waals surface area contributed by atoms with Crippen LogP contribution in [0.15, 0.2) is 29.7 Å². The second kappa shape index (κ2) is 8.52. The standard InChI is InChI=1S/C23H28N6O2/c1-23(2)19-20(27-13-28-22(19)26)17-9-8-16(31-15-6-4-14(25)5-7-15)12-18(17)21(23)29-30-11-3-10-24/h8-9,12-15H,3-7,11,25H2,1-2H3,(H2,26,27,28)/b29-21+/t14-,15-. The maximum atomic E-state index is 8.80. The van der Waals surface area contributed by atoms with Crippen molar-refractivity contribution in [3.8, 4) is 23.1 Å². The quantitative estimate of drug-likeness (QED) is 0.560. The molecule has 4 rings (SSSR count). The van der Waals surface area contributed by atoms with Crippen LogP contribution in [0, 0.1) is 11.3 Å². The lowest BCUT2D eigenvalue weighted by Gasteiger charge is -2.35. The molecule has 1 saturated carbocycles. The molecule has 1 aromatic carbocycles. The second-order valence-corrected chi connectivity index (χ2v) is 8.65. The van der Waals surface area contributed by atoms with E-state index < -0.39 is 5.41 Å². The number of nitrogens with zero attached hydrogens (tertiary/aromatic N) is 4. The summed E-state index contributed by atoms with van der Waals surface area (Å²) in [7, 11) is 0. The Hall–Kier alpha value is -3.18. The molecule has 0 unspecified atom stereocenters. The van der Waals surface area contributed by atoms with Crippen LogP contribution < -0.4 is 16.2 Å². The van der Waals surface area contributed by atoms with Gasteiger partial charge in [0, 0.05) is 28.1 Å². The zero-order valence-corrected chi connectivity index (χ0v) is 18.0. The molecule has 2 aromatic rings. The summed E-state index contributed by atoms with van der Waals surface area (Å²) < 4.78 is 6.29. The summed E-state index contributed by atoms with van der Waals surface area (Å²) in [5.74, 6) is 1.20. The molecule has 0 saturated heterocycles. The molecule has 1 fully saturated rings. The molecule has 2 aliphatic carbocycles. The monoisotopic (exact) mass is 420 g/mol. The molecule has 162 valence electrons. The SMILES string of the molecule is CC1(C)/C(=N/OCCC#N)c2cc(O[C@H]3CC[C@H](N)CC3)ccc2-c2ncnc(N)c21. The van der Waals surface area contributed by atoms with Crippen molar-refractivity contribution in [1.82, 2.24) is 9.97 Å². The van der Waals surface area contributed by atoms with Gasteiger partial charge in [-0.05, 0) is 57.7 Å². The first-order valence-corrected chi connectivity index (χ1v) is 10.7. The molecular formula is C23H28N6O2. The molecule has 1 aromatic heterocycles. The minimum atomic E-state index is -0.587. The van der Waals surface area contributed by atoms with Crippen molar-refractivity contribution in [2.45, 2.75) is 63.5 Å². The molecule has 0 aliphatic heterocycles. The number of nitrogen functional groups attached to an aromatic ring is 1. The van der Waals surface area contributed by atoms with E-state index in [1.54, 1.807) is 0 Å². The van der Waals surface area contributed by atoms with Gasteiger partial charge in [0.1, 0.15) is 24.5 Å². The minimum absolute atomic E-state index is 0.159. The maximum absolute atomic E-state index is 8.80. The summed E-state index contributed by atoms with van der Waals surface area (Å²) in [5.41, 5.74) is 15.8. The van der Waals surface area contributed by atoms with E-state index in [-0.39, 0.29) is 25.2 Å². The zero-order chi connectivity index (χ0) is 22.0. The third kappa shape index (κ3) is 4.06. The van der Waals surface area contributed by atoms with Crippen LogP contribution in [0.25, 0.3) is 11.3 Å². The van der Waals surface area contributed by atoms with E-state index in [4.69, 9.17) is 26.3 Å². The zero-order valence-electron chi connectivity index (χ0n) is 18.0. The summed E-state index contributed by atoms with van der Waals surface area (Å²) in [6.45, 7) is 4.27. The molecule has 31 heavy (non-hydrogen) atoms. The Labute approximate surface area is 182 Å². The lowest BCUT2D eigenvalue weighted by molar-refractivity contribution is 0.146. The second-order valence-electron chi connectivity index (χ2n) is 8.65. The highest BCUT2D eigenvalue weighted by atomic mass is 16.6. The summed E-state index contributed by atoms with van der Waals surface area (Å²) in [5, 5.41) is 13.2. The number of hydrogen-bond donors (Lipinski definition) is 2. The van der Waals surface area contributed by atoms with Crippen LogP contribution in [0.1, 0.15) is 57.1 Å². The average molecular weight is 421 g/mol. The fourth-order valence-corrected chi connectivity index (χ4v) is 4.44. The normalized spacial score (nSPS) is 22.8. The van der Waals surface area contributed by atoms with E-state index in [2.05, 4.69) is 21.2 Å². The van der Waals surface area contributed by atoms with E-state index in [1.807, 2.05) is 32.0 Å². The van der Waals surface area contributed by atoms with Crippen LogP contribution in [0.5, 0.6) is 5.75 Å². The van der Waals surface area contributed by atoms with Crippen molar-refractivity contribution in [2.75, 3.05) is 12.3 Å². The van der Waals surface area contributed by atoms with Gasteiger partial charge in [-0.3, -0.25) is 0 Å². The molecule has 2 aliphatic rings. The molecule has 4 N–H and O–H groups in total. The van der Waals surface area contributed by atoms with Gasteiger partial charge < -0.3 is 21.0 Å². The predicted octanol–water partition coefficient (Wildman–Crippen LogP) is 3.30. The fraction of sp³-hybridized carbons (Fsp3) is 0.478. The van der Waals surface area contributed by atoms with Crippen LogP contribution in [0.3, 0.4) is 0 Å². The Morgan fingerprint density at radius 3 is 2.71 bits per heavy atom. The Kier molecular flexibility index (Phi) is 5.79. The molecule has 0 atom stereocenters. The van der Waals surface area contributed by atoms with Gasteiger partial charge in [-0.1, -0.05) is 5.16 Å². The van der Waals surface area contributed by atoms with Gasteiger partial charge in [-0.2, -0.15) is 5.26 Å². The van der Waals surface area contributed by atoms with Crippen LogP contribution in [-0.2, 0) is 10.3 Å². The van der Waals surface area contributed by atoms with E-state index in [0.29, 0.717) is 11.5 Å². The van der Waals surface area contributed by atoms with Gasteiger partial charge in [0.2, 0.25) is 0 Å². The molecule has 8 heteroatoms. The van der Waals surface area contributed by atoms with Crippen molar-refractivity contribution < 1.29 is 9.57 Å². The van der Waals surface area contributed by atoms with Crippen LogP contribution in [0.2, 0.25) is 0 Å². The van der Waals surface area contributed by atoms with E-state index in [0.717, 1.165) is 53.8 Å². The molecule has 0 bridgehead atoms. The maximum Gasteiger partial charge on any atom is 0.131 e. The Bertz CT molecular complexity index is 1030. The van der Waals surface area contributed by atoms with Crippen molar-refractivity contribution in [3.05, 3.63) is 35.7 Å². The van der Waals surface area contributed by atoms with Gasteiger partial charge >= 0.3 is 0 Å². The number of nitriles is 1. The van der Waals surface area contributed by atoms with Crippen molar-refractivity contribution >= 4 is 11.5 Å². The fourth-order valence-electron chi connectivity index (χ4n) is 4.44. The van der Waals surface area contributed by atoms with E-state index in [1.165, 1.54) is 6.33 Å². The summed E-state index contributed by atoms with van der Waals surface area (Å²) in [6, 6.07) is 8.29. The van der Waals surface area contributed by atoms with Crippen molar-refractivity contribution in [1.29, 1.82) is 5.26 Å². The van der Waals surface area contributed by atoms with Crippen LogP contribution in [-0.4, -0.2) is 34.4 Å². The number of ether oxygens (including phenoxy) is 1. The third-order valence-electron chi connectivity index (χ3n) is 6.08. The highest BCUT2D eigenvalue weighted by Crippen LogP contribution is 2.45. The smallest absolute Gasteiger partial charge is 0.131 e. The van der Waals surface area contributed by atoms with E-state index >= 15 is 0 Å². The number of benzene rings is 1. The minimum Gasteiger partial charge on any atom is -0.490 e. The first kappa shape index (κ1) is 21.1. The van der Waals surface area contributed by atoms with Crippen molar-refractivity contribution in [3.63, 3.8) is 0 Å². The highest BCUT2D eigenvalue weighted by Gasteiger charge is 2.41. The lowest BCUT2D eigenvalue weighted by atomic mass is 9.70. The highest BCUT2D eigenvalue weighted by molar-refractivity contribution is 6.15. The molecule has 0 amide bonds. The molecular weight excluding hydrogens is 392 g/mol. The Morgan fingerprint density at radius 2 is 1.97 bits per heavy atom. The molecule has 8 nitrogen and oxygen atoms in total. The van der Waals surface area contributed by atoms with Gasteiger partial charge in [0.15, 0.2) is 0 Å². The van der Waals surface area contributed by atoms with Gasteiger partial charge in [-0.15, -0.1) is 0 Å². The predicted molar refractivity (Wildman–Crippen MR) is 118 cm³/mol. The van der Waals surface area contributed by atoms with Gasteiger partial charge in [-0.25, -0.2) is 9.97 Å². The topological polar surface area (TPSA) is 132 Å². The van der Waals surface area contributed by atoms with E-state index in [9.17, 15) is 0 Å². The number of nitrogens with two attached hydrogens (primary N) is 2. The van der Waals surface area contributed by atoms with Gasteiger partial charge in [0.05, 0.1) is 30.0 Å². The lowest BCUT2D eigenvalue weighted by Crippen LogP contribution is -2.36. The number of hydrogen-bond acceptors (Lipinski definition) is 8. The number of rotatable bonds is 5. The first-order chi connectivity index (χ1) is 14.9. The Morgan fingerprint density at radius 1 is 1.19 bits per heavy atom. The van der Waals surface area contributed by atoms with Crippen LogP contribution >= 0.6 is 0 Å². The number of fused-ring (bicyclic) bond motifs is 3. The first-order valence-electron chi connectivity index (χ1n) is 10.7. The van der Waals surface area contributed by atoms with Crippen LogP contribution in [0.4, 0.5) is 5.82 Å². The van der Waals surface area contributed by atoms with Crippen molar-refractivity contribution in [2.24, 2.45) is 10.9 Å². The number of aromatic nitrogens is 2. The number of anilines is 1. The Balaban J connectivity index is 1.75. The molecule has 1 heterocycles. The summed E-state index contributed by atoms with van der Waals surface area (Å²) in [6.07, 6.45) is 5.76. The molecule has 0 radical (unpaired) electrons. The summed E-state index contributed by atoms with van der Waals surface area (Å²) in [4.78, 5) is 14.2.